The van der Waals surface area contributed by atoms with Gasteiger partial charge in [-0.05, 0) is 52.6 Å². The van der Waals surface area contributed by atoms with E-state index in [2.05, 4.69) is 97.1 Å². The molecule has 0 unspecified atom stereocenters. The summed E-state index contributed by atoms with van der Waals surface area (Å²) in [6, 6.07) is 37.1. The van der Waals surface area contributed by atoms with E-state index in [9.17, 15) is 0 Å². The van der Waals surface area contributed by atoms with Gasteiger partial charge < -0.3 is 0 Å². The van der Waals surface area contributed by atoms with Gasteiger partial charge in [0.15, 0.2) is 0 Å². The molecule has 33 heavy (non-hydrogen) atoms. The van der Waals surface area contributed by atoms with E-state index < -0.39 is 0 Å². The largest absolute Gasteiger partial charge is 0.135 e. The molecule has 0 aliphatic rings. The van der Waals surface area contributed by atoms with Crippen LogP contribution in [0.5, 0.6) is 0 Å². The van der Waals surface area contributed by atoms with Crippen LogP contribution in [0, 0.1) is 0 Å². The van der Waals surface area contributed by atoms with Crippen LogP contribution in [0.25, 0.3) is 62.6 Å². The summed E-state index contributed by atoms with van der Waals surface area (Å²) in [6.07, 6.45) is 0. The number of halogens is 1. The van der Waals surface area contributed by atoms with Crippen molar-refractivity contribution in [1.29, 1.82) is 0 Å². The summed E-state index contributed by atoms with van der Waals surface area (Å²) >= 11 is 10.3. The molecule has 0 aliphatic heterocycles. The molecule has 0 nitrogen and oxygen atoms in total. The quantitative estimate of drug-likeness (QED) is 0.233. The number of hydrogen-bond donors (Lipinski definition) is 0. The Hall–Kier alpha value is -3.17. The van der Waals surface area contributed by atoms with Gasteiger partial charge in [0, 0.05) is 45.4 Å². The molecule has 0 atom stereocenters. The smallest absolute Gasteiger partial charge is 0.0499 e. The van der Waals surface area contributed by atoms with Gasteiger partial charge in [0.05, 0.1) is 0 Å². The maximum atomic E-state index is 6.66. The fourth-order valence-corrected chi connectivity index (χ4v) is 7.51. The number of benzene rings is 5. The highest BCUT2D eigenvalue weighted by molar-refractivity contribution is 7.26. The summed E-state index contributed by atoms with van der Waals surface area (Å²) in [4.78, 5) is 0. The molecule has 7 rings (SSSR count). The van der Waals surface area contributed by atoms with Crippen LogP contribution in [-0.2, 0) is 0 Å². The zero-order valence-electron chi connectivity index (χ0n) is 17.5. The van der Waals surface area contributed by atoms with Gasteiger partial charge >= 0.3 is 0 Å². The maximum absolute atomic E-state index is 6.66. The molecule has 0 saturated carbocycles. The Labute approximate surface area is 204 Å². The third kappa shape index (κ3) is 3.02. The van der Waals surface area contributed by atoms with Crippen LogP contribution >= 0.6 is 34.3 Å². The van der Waals surface area contributed by atoms with Crippen LogP contribution in [0.2, 0.25) is 5.02 Å². The van der Waals surface area contributed by atoms with Crippen molar-refractivity contribution in [2.24, 2.45) is 0 Å². The molecule has 5 aromatic carbocycles. The molecule has 7 aromatic rings. The highest BCUT2D eigenvalue weighted by atomic mass is 35.5. The zero-order valence-corrected chi connectivity index (χ0v) is 19.9. The summed E-state index contributed by atoms with van der Waals surface area (Å²) < 4.78 is 5.19. The van der Waals surface area contributed by atoms with E-state index in [-0.39, 0.29) is 0 Å². The number of hydrogen-bond acceptors (Lipinski definition) is 2. The first-order chi connectivity index (χ1) is 16.3. The Balaban J connectivity index is 1.40. The SMILES string of the molecule is Clc1ccc(-c2cccc(-c3ccc4c(c3)sc3ccccc34)c2)c2sc3ccccc3c12. The van der Waals surface area contributed by atoms with Gasteiger partial charge in [0.2, 0.25) is 0 Å². The normalized spacial score (nSPS) is 11.8. The van der Waals surface area contributed by atoms with Gasteiger partial charge in [-0.1, -0.05) is 84.4 Å². The molecular weight excluding hydrogens is 460 g/mol. The second-order valence-corrected chi connectivity index (χ2v) is 10.8. The lowest BCUT2D eigenvalue weighted by atomic mass is 9.97. The minimum atomic E-state index is 0.817. The van der Waals surface area contributed by atoms with Crippen molar-refractivity contribution in [3.8, 4) is 22.3 Å². The first-order valence-corrected chi connectivity index (χ1v) is 12.9. The average Bonchev–Trinajstić information content (AvgIpc) is 3.43. The summed E-state index contributed by atoms with van der Waals surface area (Å²) in [5.74, 6) is 0. The summed E-state index contributed by atoms with van der Waals surface area (Å²) in [5.41, 5.74) is 4.94. The molecule has 0 spiro atoms. The monoisotopic (exact) mass is 476 g/mol. The van der Waals surface area contributed by atoms with Crippen molar-refractivity contribution in [3.63, 3.8) is 0 Å². The summed E-state index contributed by atoms with van der Waals surface area (Å²) in [5, 5.41) is 5.88. The second-order valence-electron chi connectivity index (χ2n) is 8.29. The maximum Gasteiger partial charge on any atom is 0.0499 e. The molecule has 0 fully saturated rings. The predicted molar refractivity (Wildman–Crippen MR) is 148 cm³/mol. The third-order valence-electron chi connectivity index (χ3n) is 6.36. The Bertz CT molecular complexity index is 1840. The van der Waals surface area contributed by atoms with E-state index in [1.165, 1.54) is 57.2 Å². The minimum absolute atomic E-state index is 0.817. The lowest BCUT2D eigenvalue weighted by Crippen LogP contribution is -1.82. The van der Waals surface area contributed by atoms with Gasteiger partial charge in [-0.15, -0.1) is 22.7 Å². The molecular formula is C30H17ClS2. The van der Waals surface area contributed by atoms with E-state index in [0.29, 0.717) is 0 Å². The standard InChI is InChI=1S/C30H17ClS2/c31-25-15-14-21(30-29(25)24-9-2-4-11-27(24)33-30)20-7-5-6-18(16-20)19-12-13-23-22-8-1-3-10-26(22)32-28(23)17-19/h1-17H. The molecule has 0 amide bonds. The van der Waals surface area contributed by atoms with E-state index in [0.717, 1.165) is 10.4 Å². The molecule has 0 aliphatic carbocycles. The molecule has 0 bridgehead atoms. The molecule has 2 aromatic heterocycles. The van der Waals surface area contributed by atoms with E-state index in [1.807, 2.05) is 28.7 Å². The molecule has 2 heterocycles. The average molecular weight is 477 g/mol. The third-order valence-corrected chi connectivity index (χ3v) is 9.01. The topological polar surface area (TPSA) is 0 Å². The van der Waals surface area contributed by atoms with Crippen LogP contribution < -0.4 is 0 Å². The van der Waals surface area contributed by atoms with Crippen molar-refractivity contribution < 1.29 is 0 Å². The number of rotatable bonds is 2. The van der Waals surface area contributed by atoms with Gasteiger partial charge in [-0.3, -0.25) is 0 Å². The first-order valence-electron chi connectivity index (χ1n) is 10.9. The number of fused-ring (bicyclic) bond motifs is 6. The van der Waals surface area contributed by atoms with Crippen molar-refractivity contribution in [2.75, 3.05) is 0 Å². The van der Waals surface area contributed by atoms with Crippen LogP contribution in [0.3, 0.4) is 0 Å². The van der Waals surface area contributed by atoms with Gasteiger partial charge in [-0.25, -0.2) is 0 Å². The van der Waals surface area contributed by atoms with Crippen LogP contribution in [0.1, 0.15) is 0 Å². The van der Waals surface area contributed by atoms with Gasteiger partial charge in [0.1, 0.15) is 0 Å². The fourth-order valence-electron chi connectivity index (χ4n) is 4.79. The highest BCUT2D eigenvalue weighted by Crippen LogP contribution is 2.44. The molecule has 0 radical (unpaired) electrons. The Morgan fingerprint density at radius 1 is 0.485 bits per heavy atom. The Kier molecular flexibility index (Phi) is 4.35. The van der Waals surface area contributed by atoms with Crippen LogP contribution in [0.4, 0.5) is 0 Å². The highest BCUT2D eigenvalue weighted by Gasteiger charge is 2.14. The fraction of sp³-hybridized carbons (Fsp3) is 0. The van der Waals surface area contributed by atoms with Gasteiger partial charge in [0.25, 0.3) is 0 Å². The minimum Gasteiger partial charge on any atom is -0.135 e. The summed E-state index contributed by atoms with van der Waals surface area (Å²) in [6.45, 7) is 0. The predicted octanol–water partition coefficient (Wildman–Crippen LogP) is 10.4. The zero-order chi connectivity index (χ0) is 21.9. The number of thiophene rings is 2. The lowest BCUT2D eigenvalue weighted by molar-refractivity contribution is 1.64. The Morgan fingerprint density at radius 2 is 1.18 bits per heavy atom. The first kappa shape index (κ1) is 19.3. The lowest BCUT2D eigenvalue weighted by Gasteiger charge is -2.08. The molecule has 0 saturated heterocycles. The van der Waals surface area contributed by atoms with E-state index >= 15 is 0 Å². The van der Waals surface area contributed by atoms with Crippen LogP contribution in [0.15, 0.2) is 103 Å². The van der Waals surface area contributed by atoms with Crippen molar-refractivity contribution in [2.45, 2.75) is 0 Å². The Morgan fingerprint density at radius 3 is 2.06 bits per heavy atom. The van der Waals surface area contributed by atoms with E-state index in [1.54, 1.807) is 0 Å². The van der Waals surface area contributed by atoms with E-state index in [4.69, 9.17) is 11.6 Å². The molecule has 3 heteroatoms. The van der Waals surface area contributed by atoms with Crippen molar-refractivity contribution >= 4 is 74.6 Å². The van der Waals surface area contributed by atoms with Crippen molar-refractivity contribution in [3.05, 3.63) is 108 Å². The summed E-state index contributed by atoms with van der Waals surface area (Å²) in [7, 11) is 0. The van der Waals surface area contributed by atoms with Gasteiger partial charge in [-0.2, -0.15) is 0 Å². The molecule has 0 N–H and O–H groups in total. The van der Waals surface area contributed by atoms with Crippen LogP contribution in [-0.4, -0.2) is 0 Å². The second kappa shape index (κ2) is 7.43. The molecule has 156 valence electrons. The van der Waals surface area contributed by atoms with Crippen molar-refractivity contribution in [1.82, 2.24) is 0 Å².